The van der Waals surface area contributed by atoms with Gasteiger partial charge in [-0.05, 0) is 24.3 Å². The topological polar surface area (TPSA) is 86.2 Å². The summed E-state index contributed by atoms with van der Waals surface area (Å²) in [4.78, 5) is 10.9. The number of nitro benzene ring substituents is 1. The Bertz CT molecular complexity index is 904. The largest absolute Gasteiger partial charge is 0.299 e. The molecule has 0 fully saturated rings. The number of aromatic nitrogens is 4. The van der Waals surface area contributed by atoms with Crippen LogP contribution in [0.25, 0.3) is 5.65 Å². The maximum Gasteiger partial charge on any atom is 0.299 e. The average molecular weight is 402 g/mol. The van der Waals surface area contributed by atoms with Crippen molar-refractivity contribution in [3.05, 3.63) is 50.7 Å². The standard InChI is InChI=1S/C12H6BrF2N5O2S/c13-6-1-2-8(7(5-6)20(21)22)23-10-4-3-9-16-17-12(11(14)15)19(9)18-10/h1-5,11H. The first-order valence-corrected chi connectivity index (χ1v) is 7.69. The lowest BCUT2D eigenvalue weighted by molar-refractivity contribution is -0.387. The number of rotatable bonds is 4. The lowest BCUT2D eigenvalue weighted by Crippen LogP contribution is -2.00. The number of hydrogen-bond donors (Lipinski definition) is 0. The first-order chi connectivity index (χ1) is 11.0. The molecule has 0 bridgehead atoms. The van der Waals surface area contributed by atoms with Crippen molar-refractivity contribution in [3.8, 4) is 0 Å². The van der Waals surface area contributed by atoms with Gasteiger partial charge in [0.05, 0.1) is 9.82 Å². The molecule has 23 heavy (non-hydrogen) atoms. The van der Waals surface area contributed by atoms with E-state index in [9.17, 15) is 18.9 Å². The SMILES string of the molecule is O=[N+]([O-])c1cc(Br)ccc1Sc1ccc2nnc(C(F)F)n2n1. The van der Waals surface area contributed by atoms with Crippen LogP contribution >= 0.6 is 27.7 Å². The second-order valence-electron chi connectivity index (χ2n) is 4.27. The van der Waals surface area contributed by atoms with Gasteiger partial charge in [-0.3, -0.25) is 10.1 Å². The summed E-state index contributed by atoms with van der Waals surface area (Å²) in [5.74, 6) is -0.576. The molecule has 3 rings (SSSR count). The van der Waals surface area contributed by atoms with Crippen LogP contribution in [-0.4, -0.2) is 24.7 Å². The van der Waals surface area contributed by atoms with Crippen LogP contribution in [0.4, 0.5) is 14.5 Å². The van der Waals surface area contributed by atoms with Gasteiger partial charge in [0.25, 0.3) is 12.1 Å². The second kappa shape index (κ2) is 6.16. The third kappa shape index (κ3) is 3.15. The molecule has 0 amide bonds. The summed E-state index contributed by atoms with van der Waals surface area (Å²) in [6.45, 7) is 0. The molecule has 1 aromatic carbocycles. The average Bonchev–Trinajstić information content (AvgIpc) is 2.92. The summed E-state index contributed by atoms with van der Waals surface area (Å²) in [5, 5.41) is 22.4. The molecule has 0 aliphatic heterocycles. The number of nitro groups is 1. The number of hydrogen-bond acceptors (Lipinski definition) is 6. The van der Waals surface area contributed by atoms with E-state index in [4.69, 9.17) is 0 Å². The molecule has 0 unspecified atom stereocenters. The van der Waals surface area contributed by atoms with Crippen LogP contribution in [0.15, 0.2) is 44.7 Å². The third-order valence-corrected chi connectivity index (χ3v) is 4.28. The van der Waals surface area contributed by atoms with Crippen LogP contribution in [-0.2, 0) is 0 Å². The monoisotopic (exact) mass is 401 g/mol. The molecular weight excluding hydrogens is 396 g/mol. The Morgan fingerprint density at radius 3 is 2.74 bits per heavy atom. The fraction of sp³-hybridized carbons (Fsp3) is 0.0833. The zero-order valence-electron chi connectivity index (χ0n) is 11.1. The predicted molar refractivity (Wildman–Crippen MR) is 80.7 cm³/mol. The Kier molecular flexibility index (Phi) is 4.22. The van der Waals surface area contributed by atoms with E-state index >= 15 is 0 Å². The fourth-order valence-electron chi connectivity index (χ4n) is 1.81. The summed E-state index contributed by atoms with van der Waals surface area (Å²) in [6, 6.07) is 7.58. The maximum atomic E-state index is 12.8. The second-order valence-corrected chi connectivity index (χ2v) is 6.25. The minimum absolute atomic E-state index is 0.107. The molecule has 0 saturated heterocycles. The molecule has 11 heteroatoms. The first-order valence-electron chi connectivity index (χ1n) is 6.08. The van der Waals surface area contributed by atoms with Gasteiger partial charge < -0.3 is 0 Å². The van der Waals surface area contributed by atoms with Crippen LogP contribution in [0.1, 0.15) is 12.2 Å². The van der Waals surface area contributed by atoms with Crippen molar-refractivity contribution in [1.82, 2.24) is 19.8 Å². The number of nitrogens with zero attached hydrogens (tertiary/aromatic N) is 5. The quantitative estimate of drug-likeness (QED) is 0.486. The zero-order chi connectivity index (χ0) is 16.6. The molecule has 0 radical (unpaired) electrons. The molecule has 2 aromatic heterocycles. The minimum Gasteiger partial charge on any atom is -0.258 e. The van der Waals surface area contributed by atoms with Gasteiger partial charge >= 0.3 is 0 Å². The van der Waals surface area contributed by atoms with Crippen molar-refractivity contribution in [2.45, 2.75) is 16.3 Å². The van der Waals surface area contributed by atoms with Crippen molar-refractivity contribution < 1.29 is 13.7 Å². The van der Waals surface area contributed by atoms with Crippen LogP contribution in [0.2, 0.25) is 0 Å². The summed E-state index contributed by atoms with van der Waals surface area (Å²) in [5.41, 5.74) is 0.0686. The summed E-state index contributed by atoms with van der Waals surface area (Å²) in [7, 11) is 0. The van der Waals surface area contributed by atoms with Crippen molar-refractivity contribution >= 4 is 39.0 Å². The first kappa shape index (κ1) is 15.7. The van der Waals surface area contributed by atoms with Gasteiger partial charge in [-0.15, -0.1) is 10.2 Å². The van der Waals surface area contributed by atoms with Crippen LogP contribution < -0.4 is 0 Å². The molecule has 7 nitrogen and oxygen atoms in total. The van der Waals surface area contributed by atoms with Crippen LogP contribution in [0.3, 0.4) is 0 Å². The molecule has 118 valence electrons. The Hall–Kier alpha value is -2.14. The highest BCUT2D eigenvalue weighted by atomic mass is 79.9. The van der Waals surface area contributed by atoms with Crippen molar-refractivity contribution in [1.29, 1.82) is 0 Å². The Balaban J connectivity index is 2.02. The van der Waals surface area contributed by atoms with Gasteiger partial charge in [0.15, 0.2) is 5.65 Å². The van der Waals surface area contributed by atoms with Gasteiger partial charge in [0.2, 0.25) is 5.82 Å². The molecular formula is C12H6BrF2N5O2S. The van der Waals surface area contributed by atoms with Crippen molar-refractivity contribution in [2.24, 2.45) is 0 Å². The lowest BCUT2D eigenvalue weighted by atomic mass is 10.3. The molecule has 0 aliphatic rings. The van der Waals surface area contributed by atoms with Gasteiger partial charge in [-0.2, -0.15) is 9.61 Å². The number of alkyl halides is 2. The molecule has 0 atom stereocenters. The van der Waals surface area contributed by atoms with E-state index in [-0.39, 0.29) is 11.3 Å². The predicted octanol–water partition coefficient (Wildman–Crippen LogP) is 3.88. The van der Waals surface area contributed by atoms with Gasteiger partial charge in [0, 0.05) is 10.5 Å². The van der Waals surface area contributed by atoms with E-state index in [2.05, 4.69) is 31.2 Å². The summed E-state index contributed by atoms with van der Waals surface area (Å²) in [6.07, 6.45) is -2.82. The molecule has 0 aliphatic carbocycles. The smallest absolute Gasteiger partial charge is 0.258 e. The maximum absolute atomic E-state index is 12.8. The van der Waals surface area contributed by atoms with Crippen LogP contribution in [0.5, 0.6) is 0 Å². The normalized spacial score (nSPS) is 11.3. The van der Waals surface area contributed by atoms with E-state index in [1.54, 1.807) is 12.1 Å². The molecule has 0 N–H and O–H groups in total. The number of halogens is 3. The highest BCUT2D eigenvalue weighted by Gasteiger charge is 2.19. The van der Waals surface area contributed by atoms with E-state index in [1.165, 1.54) is 18.2 Å². The number of benzene rings is 1. The minimum atomic E-state index is -2.82. The molecule has 0 spiro atoms. The van der Waals surface area contributed by atoms with E-state index < -0.39 is 17.2 Å². The highest BCUT2D eigenvalue weighted by molar-refractivity contribution is 9.10. The van der Waals surface area contributed by atoms with E-state index in [0.29, 0.717) is 14.4 Å². The zero-order valence-corrected chi connectivity index (χ0v) is 13.5. The molecule has 3 aromatic rings. The van der Waals surface area contributed by atoms with Gasteiger partial charge in [-0.1, -0.05) is 27.7 Å². The van der Waals surface area contributed by atoms with Crippen molar-refractivity contribution in [2.75, 3.05) is 0 Å². The van der Waals surface area contributed by atoms with E-state index in [0.717, 1.165) is 16.3 Å². The fourth-order valence-corrected chi connectivity index (χ4v) is 3.02. The highest BCUT2D eigenvalue weighted by Crippen LogP contribution is 2.35. The Morgan fingerprint density at radius 2 is 2.04 bits per heavy atom. The Morgan fingerprint density at radius 1 is 1.26 bits per heavy atom. The molecule has 0 saturated carbocycles. The van der Waals surface area contributed by atoms with E-state index in [1.807, 2.05) is 0 Å². The Labute approximate surface area is 140 Å². The summed E-state index contributed by atoms with van der Waals surface area (Å²) < 4.78 is 27.2. The third-order valence-electron chi connectivity index (χ3n) is 2.79. The molecule has 2 heterocycles. The van der Waals surface area contributed by atoms with Crippen LogP contribution in [0, 0.1) is 10.1 Å². The lowest BCUT2D eigenvalue weighted by Gasteiger charge is -2.04. The van der Waals surface area contributed by atoms with Crippen molar-refractivity contribution in [3.63, 3.8) is 0 Å². The van der Waals surface area contributed by atoms with Gasteiger partial charge in [-0.25, -0.2) is 8.78 Å². The number of fused-ring (bicyclic) bond motifs is 1. The summed E-state index contributed by atoms with van der Waals surface area (Å²) >= 11 is 4.16. The van der Waals surface area contributed by atoms with Gasteiger partial charge in [0.1, 0.15) is 5.03 Å².